The summed E-state index contributed by atoms with van der Waals surface area (Å²) in [5, 5.41) is 0. The fourth-order valence-electron chi connectivity index (χ4n) is 3.22. The van der Waals surface area contributed by atoms with Gasteiger partial charge in [-0.25, -0.2) is 9.97 Å². The first-order valence-electron chi connectivity index (χ1n) is 8.49. The molecule has 0 radical (unpaired) electrons. The standard InChI is InChI=1S/C20H23N3O3/c1-12-10-15(26-5)6-7-16(12)17-8-9-21-19-18(17)22-14(3)20(24)23(19)13(2)11-25-4/h6-10,13H,11H2,1-5H3/t13-/m1/s1. The molecule has 0 N–H and O–H groups in total. The van der Waals surface area contributed by atoms with Gasteiger partial charge in [0, 0.05) is 18.9 Å². The Morgan fingerprint density at radius 1 is 1.15 bits per heavy atom. The van der Waals surface area contributed by atoms with Gasteiger partial charge in [0.05, 0.1) is 19.8 Å². The van der Waals surface area contributed by atoms with Gasteiger partial charge in [-0.05, 0) is 50.1 Å². The first kappa shape index (κ1) is 18.1. The van der Waals surface area contributed by atoms with E-state index in [1.807, 2.05) is 38.1 Å². The lowest BCUT2D eigenvalue weighted by Gasteiger charge is -2.18. The molecular weight excluding hydrogens is 330 g/mol. The maximum atomic E-state index is 12.7. The molecule has 0 bridgehead atoms. The summed E-state index contributed by atoms with van der Waals surface area (Å²) in [6, 6.07) is 7.70. The maximum Gasteiger partial charge on any atom is 0.273 e. The molecule has 0 saturated carbocycles. The van der Waals surface area contributed by atoms with Crippen LogP contribution >= 0.6 is 0 Å². The molecule has 0 amide bonds. The molecule has 0 spiro atoms. The van der Waals surface area contributed by atoms with Crippen molar-refractivity contribution in [1.82, 2.24) is 14.5 Å². The van der Waals surface area contributed by atoms with E-state index in [2.05, 4.69) is 9.97 Å². The molecule has 6 nitrogen and oxygen atoms in total. The predicted octanol–water partition coefficient (Wildman–Crippen LogP) is 3.29. The SMILES string of the molecule is COC[C@@H](C)n1c(=O)c(C)nc2c(-c3ccc(OC)cc3C)ccnc21. The lowest BCUT2D eigenvalue weighted by molar-refractivity contribution is 0.162. The smallest absolute Gasteiger partial charge is 0.273 e. The minimum Gasteiger partial charge on any atom is -0.497 e. The molecule has 0 unspecified atom stereocenters. The van der Waals surface area contributed by atoms with E-state index in [0.717, 1.165) is 22.4 Å². The summed E-state index contributed by atoms with van der Waals surface area (Å²) < 4.78 is 12.2. The van der Waals surface area contributed by atoms with Crippen molar-refractivity contribution in [3.63, 3.8) is 0 Å². The van der Waals surface area contributed by atoms with Gasteiger partial charge in [-0.15, -0.1) is 0 Å². The number of nitrogens with zero attached hydrogens (tertiary/aromatic N) is 3. The van der Waals surface area contributed by atoms with E-state index < -0.39 is 0 Å². The molecule has 0 aliphatic heterocycles. The fourth-order valence-corrected chi connectivity index (χ4v) is 3.22. The van der Waals surface area contributed by atoms with Crippen molar-refractivity contribution in [1.29, 1.82) is 0 Å². The van der Waals surface area contributed by atoms with Crippen molar-refractivity contribution in [2.24, 2.45) is 0 Å². The predicted molar refractivity (Wildman–Crippen MR) is 102 cm³/mol. The summed E-state index contributed by atoms with van der Waals surface area (Å²) in [5.41, 5.74) is 4.63. The highest BCUT2D eigenvalue weighted by atomic mass is 16.5. The van der Waals surface area contributed by atoms with E-state index in [9.17, 15) is 4.79 Å². The van der Waals surface area contributed by atoms with Crippen LogP contribution in [0.4, 0.5) is 0 Å². The van der Waals surface area contributed by atoms with Crippen LogP contribution in [0.1, 0.15) is 24.2 Å². The molecular formula is C20H23N3O3. The van der Waals surface area contributed by atoms with Gasteiger partial charge in [-0.1, -0.05) is 6.07 Å². The average Bonchev–Trinajstić information content (AvgIpc) is 2.62. The largest absolute Gasteiger partial charge is 0.497 e. The molecule has 0 aliphatic carbocycles. The fraction of sp³-hybridized carbons (Fsp3) is 0.350. The highest BCUT2D eigenvalue weighted by molar-refractivity contribution is 5.90. The molecule has 0 aliphatic rings. The van der Waals surface area contributed by atoms with Gasteiger partial charge in [-0.3, -0.25) is 9.36 Å². The monoisotopic (exact) mass is 353 g/mol. The van der Waals surface area contributed by atoms with Crippen LogP contribution in [0, 0.1) is 13.8 Å². The van der Waals surface area contributed by atoms with Crippen molar-refractivity contribution in [2.75, 3.05) is 20.8 Å². The number of ether oxygens (including phenoxy) is 2. The molecule has 26 heavy (non-hydrogen) atoms. The Bertz CT molecular complexity index is 1010. The first-order chi connectivity index (χ1) is 12.5. The van der Waals surface area contributed by atoms with E-state index >= 15 is 0 Å². The van der Waals surface area contributed by atoms with Crippen molar-refractivity contribution >= 4 is 11.2 Å². The Labute approximate surface area is 152 Å². The summed E-state index contributed by atoms with van der Waals surface area (Å²) in [4.78, 5) is 21.7. The second-order valence-electron chi connectivity index (χ2n) is 6.39. The number of hydrogen-bond acceptors (Lipinski definition) is 5. The third-order valence-corrected chi connectivity index (χ3v) is 4.51. The zero-order valence-electron chi connectivity index (χ0n) is 15.7. The minimum absolute atomic E-state index is 0.141. The van der Waals surface area contributed by atoms with Gasteiger partial charge in [-0.2, -0.15) is 0 Å². The van der Waals surface area contributed by atoms with Crippen molar-refractivity contribution in [3.8, 4) is 16.9 Å². The van der Waals surface area contributed by atoms with Crippen LogP contribution < -0.4 is 10.3 Å². The summed E-state index contributed by atoms with van der Waals surface area (Å²) in [5.74, 6) is 0.805. The average molecular weight is 353 g/mol. The van der Waals surface area contributed by atoms with Gasteiger partial charge >= 0.3 is 0 Å². The molecule has 1 atom stereocenters. The van der Waals surface area contributed by atoms with Crippen molar-refractivity contribution in [3.05, 3.63) is 52.1 Å². The molecule has 0 fully saturated rings. The van der Waals surface area contributed by atoms with E-state index in [4.69, 9.17) is 9.47 Å². The third kappa shape index (κ3) is 3.08. The Balaban J connectivity index is 2.31. The molecule has 2 aromatic heterocycles. The van der Waals surface area contributed by atoms with Crippen molar-refractivity contribution < 1.29 is 9.47 Å². The van der Waals surface area contributed by atoms with Crippen molar-refractivity contribution in [2.45, 2.75) is 26.8 Å². The first-order valence-corrected chi connectivity index (χ1v) is 8.49. The third-order valence-electron chi connectivity index (χ3n) is 4.51. The number of aryl methyl sites for hydroxylation is 2. The van der Waals surface area contributed by atoms with Gasteiger partial charge in [0.2, 0.25) is 0 Å². The molecule has 2 heterocycles. The lowest BCUT2D eigenvalue weighted by Crippen LogP contribution is -2.29. The van der Waals surface area contributed by atoms with Crippen LogP contribution in [0.2, 0.25) is 0 Å². The normalized spacial score (nSPS) is 12.3. The molecule has 6 heteroatoms. The van der Waals surface area contributed by atoms with Crippen LogP contribution in [0.15, 0.2) is 35.3 Å². The number of benzene rings is 1. The Morgan fingerprint density at radius 2 is 1.92 bits per heavy atom. The molecule has 1 aromatic carbocycles. The van der Waals surface area contributed by atoms with Crippen LogP contribution in [0.5, 0.6) is 5.75 Å². The summed E-state index contributed by atoms with van der Waals surface area (Å²) >= 11 is 0. The molecule has 136 valence electrons. The zero-order chi connectivity index (χ0) is 18.8. The summed E-state index contributed by atoms with van der Waals surface area (Å²) in [6.07, 6.45) is 1.72. The number of methoxy groups -OCH3 is 2. The maximum absolute atomic E-state index is 12.7. The van der Waals surface area contributed by atoms with E-state index in [1.54, 1.807) is 31.9 Å². The minimum atomic E-state index is -0.142. The lowest BCUT2D eigenvalue weighted by atomic mass is 10.00. The number of hydrogen-bond donors (Lipinski definition) is 0. The molecule has 3 rings (SSSR count). The number of fused-ring (bicyclic) bond motifs is 1. The van der Waals surface area contributed by atoms with Crippen LogP contribution in [0.25, 0.3) is 22.3 Å². The number of aromatic nitrogens is 3. The van der Waals surface area contributed by atoms with E-state index in [-0.39, 0.29) is 11.6 Å². The summed E-state index contributed by atoms with van der Waals surface area (Å²) in [6.45, 7) is 6.12. The Kier molecular flexibility index (Phi) is 5.04. The van der Waals surface area contributed by atoms with Crippen LogP contribution in [-0.4, -0.2) is 35.4 Å². The topological polar surface area (TPSA) is 66.2 Å². The highest BCUT2D eigenvalue weighted by Gasteiger charge is 2.18. The second kappa shape index (κ2) is 7.25. The molecule has 0 saturated heterocycles. The molecule has 3 aromatic rings. The van der Waals surface area contributed by atoms with Crippen LogP contribution in [-0.2, 0) is 4.74 Å². The number of pyridine rings is 1. The number of rotatable bonds is 5. The van der Waals surface area contributed by atoms with Gasteiger partial charge in [0.15, 0.2) is 5.65 Å². The van der Waals surface area contributed by atoms with Gasteiger partial charge in [0.25, 0.3) is 5.56 Å². The van der Waals surface area contributed by atoms with Gasteiger partial charge in [0.1, 0.15) is 17.0 Å². The zero-order valence-corrected chi connectivity index (χ0v) is 15.7. The van der Waals surface area contributed by atoms with Gasteiger partial charge < -0.3 is 9.47 Å². The van der Waals surface area contributed by atoms with E-state index in [1.165, 1.54) is 0 Å². The Morgan fingerprint density at radius 3 is 2.58 bits per heavy atom. The Hall–Kier alpha value is -2.73. The second-order valence-corrected chi connectivity index (χ2v) is 6.39. The highest BCUT2D eigenvalue weighted by Crippen LogP contribution is 2.31. The van der Waals surface area contributed by atoms with E-state index in [0.29, 0.717) is 23.5 Å². The summed E-state index contributed by atoms with van der Waals surface area (Å²) in [7, 11) is 3.27. The quantitative estimate of drug-likeness (QED) is 0.704. The van der Waals surface area contributed by atoms with Crippen LogP contribution in [0.3, 0.4) is 0 Å².